The number of rotatable bonds is 4. The summed E-state index contributed by atoms with van der Waals surface area (Å²) in [4.78, 5) is 28.2. The molecule has 2 aliphatic heterocycles. The number of hydrogen-bond acceptors (Lipinski definition) is 4. The molecule has 2 aliphatic rings. The van der Waals surface area contributed by atoms with Gasteiger partial charge in [-0.15, -0.1) is 12.4 Å². The molecule has 6 nitrogen and oxygen atoms in total. The fourth-order valence-corrected chi connectivity index (χ4v) is 3.38. The molecule has 25 heavy (non-hydrogen) atoms. The van der Waals surface area contributed by atoms with Gasteiger partial charge in [0.1, 0.15) is 0 Å². The number of nitrogens with one attached hydrogen (secondary N) is 2. The standard InChI is InChI=1S/C17H23ClN4O2.ClH/c18-13-3-1-4-14(11-13)21-7-9-22(10-8-21)16(23)12-20-17(24)15-5-2-6-19-15;/h1,3-4,11,15,19H,2,5-10,12H2,(H,20,24);1H/t15-;/m0./s1. The van der Waals surface area contributed by atoms with Crippen LogP contribution in [-0.4, -0.2) is 62.0 Å². The van der Waals surface area contributed by atoms with Crippen LogP contribution in [0.2, 0.25) is 5.02 Å². The highest BCUT2D eigenvalue weighted by Gasteiger charge is 2.24. The average Bonchev–Trinajstić information content (AvgIpc) is 3.14. The molecule has 0 spiro atoms. The quantitative estimate of drug-likeness (QED) is 0.817. The van der Waals surface area contributed by atoms with Gasteiger partial charge in [0.25, 0.3) is 0 Å². The maximum absolute atomic E-state index is 12.3. The lowest BCUT2D eigenvalue weighted by Crippen LogP contribution is -2.52. The Morgan fingerprint density at radius 1 is 1.24 bits per heavy atom. The second-order valence-electron chi connectivity index (χ2n) is 6.21. The molecule has 1 aromatic rings. The Hall–Kier alpha value is -1.50. The first-order chi connectivity index (χ1) is 11.6. The Morgan fingerprint density at radius 2 is 2.00 bits per heavy atom. The number of nitrogens with zero attached hydrogens (tertiary/aromatic N) is 2. The monoisotopic (exact) mass is 386 g/mol. The maximum atomic E-state index is 12.3. The van der Waals surface area contributed by atoms with Gasteiger partial charge < -0.3 is 20.4 Å². The number of amides is 2. The molecular formula is C17H24Cl2N4O2. The van der Waals surface area contributed by atoms with E-state index < -0.39 is 0 Å². The van der Waals surface area contributed by atoms with Crippen LogP contribution in [0, 0.1) is 0 Å². The molecule has 2 saturated heterocycles. The summed E-state index contributed by atoms with van der Waals surface area (Å²) in [6.07, 6.45) is 1.86. The van der Waals surface area contributed by atoms with Gasteiger partial charge in [-0.25, -0.2) is 0 Å². The van der Waals surface area contributed by atoms with Crippen molar-refractivity contribution in [2.24, 2.45) is 0 Å². The number of halogens is 2. The summed E-state index contributed by atoms with van der Waals surface area (Å²) in [5.41, 5.74) is 1.08. The van der Waals surface area contributed by atoms with Crippen molar-refractivity contribution in [1.82, 2.24) is 15.5 Å². The number of hydrogen-bond donors (Lipinski definition) is 2. The van der Waals surface area contributed by atoms with Crippen LogP contribution >= 0.6 is 24.0 Å². The molecule has 2 heterocycles. The Balaban J connectivity index is 0.00000225. The molecule has 138 valence electrons. The van der Waals surface area contributed by atoms with Gasteiger partial charge in [0, 0.05) is 36.9 Å². The minimum atomic E-state index is -0.141. The van der Waals surface area contributed by atoms with Crippen molar-refractivity contribution in [2.75, 3.05) is 44.2 Å². The topological polar surface area (TPSA) is 64.7 Å². The highest BCUT2D eigenvalue weighted by atomic mass is 35.5. The number of carbonyl (C=O) groups excluding carboxylic acids is 2. The van der Waals surface area contributed by atoms with Crippen LogP contribution in [-0.2, 0) is 9.59 Å². The van der Waals surface area contributed by atoms with E-state index in [9.17, 15) is 9.59 Å². The van der Waals surface area contributed by atoms with Crippen molar-refractivity contribution < 1.29 is 9.59 Å². The zero-order valence-electron chi connectivity index (χ0n) is 14.0. The lowest BCUT2D eigenvalue weighted by atomic mass is 10.2. The molecule has 8 heteroatoms. The van der Waals surface area contributed by atoms with Crippen molar-refractivity contribution in [3.05, 3.63) is 29.3 Å². The third kappa shape index (κ3) is 5.23. The van der Waals surface area contributed by atoms with Gasteiger partial charge in [0.05, 0.1) is 12.6 Å². The molecule has 0 unspecified atom stereocenters. The normalized spacial score (nSPS) is 20.1. The van der Waals surface area contributed by atoms with Crippen molar-refractivity contribution in [1.29, 1.82) is 0 Å². The van der Waals surface area contributed by atoms with Crippen molar-refractivity contribution >= 4 is 41.5 Å². The number of piperazine rings is 1. The predicted molar refractivity (Wildman–Crippen MR) is 102 cm³/mol. The van der Waals surface area contributed by atoms with E-state index in [2.05, 4.69) is 15.5 Å². The number of anilines is 1. The molecular weight excluding hydrogens is 363 g/mol. The molecule has 2 fully saturated rings. The largest absolute Gasteiger partial charge is 0.368 e. The molecule has 0 aromatic heterocycles. The summed E-state index contributed by atoms with van der Waals surface area (Å²) in [7, 11) is 0. The van der Waals surface area contributed by atoms with Crippen LogP contribution in [0.4, 0.5) is 5.69 Å². The van der Waals surface area contributed by atoms with E-state index in [1.54, 1.807) is 0 Å². The fourth-order valence-electron chi connectivity index (χ4n) is 3.19. The Labute approximate surface area is 159 Å². The van der Waals surface area contributed by atoms with Crippen LogP contribution in [0.1, 0.15) is 12.8 Å². The lowest BCUT2D eigenvalue weighted by molar-refractivity contribution is -0.133. The van der Waals surface area contributed by atoms with Crippen LogP contribution in [0.3, 0.4) is 0 Å². The maximum Gasteiger partial charge on any atom is 0.242 e. The molecule has 0 aliphatic carbocycles. The average molecular weight is 387 g/mol. The summed E-state index contributed by atoms with van der Waals surface area (Å²) >= 11 is 6.03. The molecule has 3 rings (SSSR count). The Kier molecular flexibility index (Phi) is 7.35. The predicted octanol–water partition coefficient (Wildman–Crippen LogP) is 1.28. The van der Waals surface area contributed by atoms with E-state index in [1.165, 1.54) is 0 Å². The first-order valence-corrected chi connectivity index (χ1v) is 8.80. The van der Waals surface area contributed by atoms with Crippen LogP contribution in [0.25, 0.3) is 0 Å². The van der Waals surface area contributed by atoms with Gasteiger partial charge in [-0.05, 0) is 37.6 Å². The highest BCUT2D eigenvalue weighted by Crippen LogP contribution is 2.20. The van der Waals surface area contributed by atoms with Gasteiger partial charge in [0.2, 0.25) is 11.8 Å². The molecule has 0 saturated carbocycles. The summed E-state index contributed by atoms with van der Waals surface area (Å²) in [5.74, 6) is -0.0921. The van der Waals surface area contributed by atoms with Gasteiger partial charge in [-0.3, -0.25) is 9.59 Å². The van der Waals surface area contributed by atoms with Gasteiger partial charge in [-0.1, -0.05) is 17.7 Å². The molecule has 2 amide bonds. The highest BCUT2D eigenvalue weighted by molar-refractivity contribution is 6.30. The first-order valence-electron chi connectivity index (χ1n) is 8.43. The minimum absolute atomic E-state index is 0. The second kappa shape index (κ2) is 9.27. The van der Waals surface area contributed by atoms with Crippen LogP contribution < -0.4 is 15.5 Å². The summed E-state index contributed by atoms with van der Waals surface area (Å²) in [6, 6.07) is 7.61. The van der Waals surface area contributed by atoms with Crippen molar-refractivity contribution in [3.8, 4) is 0 Å². The molecule has 0 bridgehead atoms. The fraction of sp³-hybridized carbons (Fsp3) is 0.529. The molecule has 0 radical (unpaired) electrons. The second-order valence-corrected chi connectivity index (χ2v) is 6.65. The lowest BCUT2D eigenvalue weighted by Gasteiger charge is -2.36. The van der Waals surface area contributed by atoms with Gasteiger partial charge in [-0.2, -0.15) is 0 Å². The van der Waals surface area contributed by atoms with E-state index in [-0.39, 0.29) is 36.8 Å². The van der Waals surface area contributed by atoms with Gasteiger partial charge >= 0.3 is 0 Å². The Morgan fingerprint density at radius 3 is 2.64 bits per heavy atom. The van der Waals surface area contributed by atoms with Crippen LogP contribution in [0.15, 0.2) is 24.3 Å². The Bertz CT molecular complexity index is 600. The molecule has 1 aromatic carbocycles. The third-order valence-corrected chi connectivity index (χ3v) is 4.83. The summed E-state index contributed by atoms with van der Waals surface area (Å²) < 4.78 is 0. The van der Waals surface area contributed by atoms with E-state index in [4.69, 9.17) is 11.6 Å². The first kappa shape index (κ1) is 19.8. The van der Waals surface area contributed by atoms with Crippen molar-refractivity contribution in [3.63, 3.8) is 0 Å². The van der Waals surface area contributed by atoms with Gasteiger partial charge in [0.15, 0.2) is 0 Å². The van der Waals surface area contributed by atoms with E-state index in [0.717, 1.165) is 38.2 Å². The molecule has 2 N–H and O–H groups in total. The summed E-state index contributed by atoms with van der Waals surface area (Å²) in [6.45, 7) is 3.80. The van der Waals surface area contributed by atoms with Crippen LogP contribution in [0.5, 0.6) is 0 Å². The third-order valence-electron chi connectivity index (χ3n) is 4.60. The summed E-state index contributed by atoms with van der Waals surface area (Å²) in [5, 5.41) is 6.60. The SMILES string of the molecule is Cl.O=C(NCC(=O)N1CCN(c2cccc(Cl)c2)CC1)[C@@H]1CCCN1. The molecule has 1 atom stereocenters. The zero-order valence-corrected chi connectivity index (χ0v) is 15.6. The number of benzene rings is 1. The number of carbonyl (C=O) groups is 2. The minimum Gasteiger partial charge on any atom is -0.368 e. The van der Waals surface area contributed by atoms with E-state index >= 15 is 0 Å². The van der Waals surface area contributed by atoms with Crippen molar-refractivity contribution in [2.45, 2.75) is 18.9 Å². The smallest absolute Gasteiger partial charge is 0.242 e. The van der Waals surface area contributed by atoms with E-state index in [0.29, 0.717) is 18.1 Å². The van der Waals surface area contributed by atoms with E-state index in [1.807, 2.05) is 29.2 Å². The zero-order chi connectivity index (χ0) is 16.9.